The van der Waals surface area contributed by atoms with Gasteiger partial charge in [0.2, 0.25) is 10.0 Å². The minimum atomic E-state index is -3.42. The van der Waals surface area contributed by atoms with E-state index in [1.807, 2.05) is 30.3 Å². The largest absolute Gasteiger partial charge is 0.241 e. The Bertz CT molecular complexity index is 698. The van der Waals surface area contributed by atoms with E-state index in [4.69, 9.17) is 0 Å². The first-order valence-corrected chi connectivity index (χ1v) is 8.05. The van der Waals surface area contributed by atoms with Gasteiger partial charge in [0.1, 0.15) is 0 Å². The van der Waals surface area contributed by atoms with E-state index in [0.717, 1.165) is 23.6 Å². The fourth-order valence-corrected chi connectivity index (χ4v) is 4.20. The summed E-state index contributed by atoms with van der Waals surface area (Å²) in [5.41, 5.74) is 0. The molecule has 0 bridgehead atoms. The van der Waals surface area contributed by atoms with E-state index in [9.17, 15) is 8.42 Å². The molecule has 1 fully saturated rings. The molecule has 4 heteroatoms. The van der Waals surface area contributed by atoms with Crippen molar-refractivity contribution in [2.24, 2.45) is 5.92 Å². The average Bonchev–Trinajstić information content (AvgIpc) is 2.36. The maximum absolute atomic E-state index is 12.4. The van der Waals surface area contributed by atoms with Crippen LogP contribution in [0.25, 0.3) is 10.8 Å². The highest BCUT2D eigenvalue weighted by Crippen LogP contribution is 2.29. The SMILES string of the molecule is CC1CC(NS(=O)(=O)c2cccc3ccccc23)C1. The Morgan fingerprint density at radius 1 is 1.05 bits per heavy atom. The van der Waals surface area contributed by atoms with Crippen LogP contribution in [0.1, 0.15) is 19.8 Å². The standard InChI is InChI=1S/C15H17NO2S/c1-11-9-13(10-11)16-19(17,18)15-8-4-6-12-5-2-3-7-14(12)15/h2-8,11,13,16H,9-10H2,1H3. The van der Waals surface area contributed by atoms with Crippen molar-refractivity contribution >= 4 is 20.8 Å². The smallest absolute Gasteiger partial charge is 0.208 e. The molecule has 0 aromatic heterocycles. The molecule has 0 amide bonds. The number of rotatable bonds is 3. The van der Waals surface area contributed by atoms with Gasteiger partial charge in [-0.05, 0) is 30.2 Å². The van der Waals surface area contributed by atoms with Crippen molar-refractivity contribution in [3.8, 4) is 0 Å². The van der Waals surface area contributed by atoms with E-state index in [1.54, 1.807) is 12.1 Å². The molecule has 0 spiro atoms. The van der Waals surface area contributed by atoms with Crippen LogP contribution in [0.4, 0.5) is 0 Å². The van der Waals surface area contributed by atoms with Crippen molar-refractivity contribution in [1.29, 1.82) is 0 Å². The van der Waals surface area contributed by atoms with Crippen LogP contribution < -0.4 is 4.72 Å². The fourth-order valence-electron chi connectivity index (χ4n) is 2.71. The maximum Gasteiger partial charge on any atom is 0.241 e. The lowest BCUT2D eigenvalue weighted by atomic mass is 9.83. The molecule has 0 aliphatic heterocycles. The zero-order valence-electron chi connectivity index (χ0n) is 10.8. The highest BCUT2D eigenvalue weighted by molar-refractivity contribution is 7.89. The Hall–Kier alpha value is -1.39. The van der Waals surface area contributed by atoms with E-state index in [2.05, 4.69) is 11.6 Å². The molecule has 0 unspecified atom stereocenters. The topological polar surface area (TPSA) is 46.2 Å². The fraction of sp³-hybridized carbons (Fsp3) is 0.333. The number of hydrogen-bond donors (Lipinski definition) is 1. The van der Waals surface area contributed by atoms with Crippen molar-refractivity contribution in [3.05, 3.63) is 42.5 Å². The van der Waals surface area contributed by atoms with E-state index in [0.29, 0.717) is 10.8 Å². The Labute approximate surface area is 113 Å². The lowest BCUT2D eigenvalue weighted by Crippen LogP contribution is -2.43. The van der Waals surface area contributed by atoms with Crippen molar-refractivity contribution in [2.45, 2.75) is 30.7 Å². The number of nitrogens with one attached hydrogen (secondary N) is 1. The van der Waals surface area contributed by atoms with Gasteiger partial charge in [0.25, 0.3) is 0 Å². The third-order valence-electron chi connectivity index (χ3n) is 3.73. The monoisotopic (exact) mass is 275 g/mol. The molecular weight excluding hydrogens is 258 g/mol. The minimum Gasteiger partial charge on any atom is -0.208 e. The summed E-state index contributed by atoms with van der Waals surface area (Å²) >= 11 is 0. The summed E-state index contributed by atoms with van der Waals surface area (Å²) < 4.78 is 27.7. The van der Waals surface area contributed by atoms with Gasteiger partial charge < -0.3 is 0 Å². The second kappa shape index (κ2) is 4.62. The molecule has 2 aromatic rings. The van der Waals surface area contributed by atoms with Crippen molar-refractivity contribution in [2.75, 3.05) is 0 Å². The lowest BCUT2D eigenvalue weighted by Gasteiger charge is -2.33. The first-order chi connectivity index (χ1) is 9.06. The van der Waals surface area contributed by atoms with Gasteiger partial charge in [-0.25, -0.2) is 13.1 Å². The lowest BCUT2D eigenvalue weighted by molar-refractivity contribution is 0.270. The first-order valence-electron chi connectivity index (χ1n) is 6.56. The van der Waals surface area contributed by atoms with Gasteiger partial charge >= 0.3 is 0 Å². The summed E-state index contributed by atoms with van der Waals surface area (Å²) in [6.45, 7) is 2.14. The number of hydrogen-bond acceptors (Lipinski definition) is 2. The van der Waals surface area contributed by atoms with Crippen LogP contribution in [0.2, 0.25) is 0 Å². The van der Waals surface area contributed by atoms with E-state index >= 15 is 0 Å². The zero-order valence-corrected chi connectivity index (χ0v) is 11.7. The molecule has 1 N–H and O–H groups in total. The third-order valence-corrected chi connectivity index (χ3v) is 5.31. The second-order valence-electron chi connectivity index (χ2n) is 5.37. The molecule has 1 aliphatic rings. The third kappa shape index (κ3) is 2.38. The summed E-state index contributed by atoms with van der Waals surface area (Å²) in [6, 6.07) is 13.1. The predicted octanol–water partition coefficient (Wildman–Crippen LogP) is 2.92. The average molecular weight is 275 g/mol. The molecule has 3 nitrogen and oxygen atoms in total. The maximum atomic E-state index is 12.4. The highest BCUT2D eigenvalue weighted by Gasteiger charge is 2.30. The number of fused-ring (bicyclic) bond motifs is 1. The van der Waals surface area contributed by atoms with Gasteiger partial charge in [0, 0.05) is 11.4 Å². The summed E-state index contributed by atoms with van der Waals surface area (Å²) in [5.74, 6) is 0.625. The van der Waals surface area contributed by atoms with Gasteiger partial charge in [-0.2, -0.15) is 0 Å². The van der Waals surface area contributed by atoms with Gasteiger partial charge in [-0.1, -0.05) is 43.3 Å². The van der Waals surface area contributed by atoms with Crippen LogP contribution >= 0.6 is 0 Å². The van der Waals surface area contributed by atoms with Gasteiger partial charge in [0.05, 0.1) is 4.90 Å². The van der Waals surface area contributed by atoms with Crippen molar-refractivity contribution < 1.29 is 8.42 Å². The summed E-state index contributed by atoms with van der Waals surface area (Å²) in [7, 11) is -3.42. The molecule has 19 heavy (non-hydrogen) atoms. The molecule has 2 aromatic carbocycles. The molecule has 0 atom stereocenters. The van der Waals surface area contributed by atoms with Crippen molar-refractivity contribution in [3.63, 3.8) is 0 Å². The van der Waals surface area contributed by atoms with Crippen LogP contribution in [0.15, 0.2) is 47.4 Å². The molecular formula is C15H17NO2S. The quantitative estimate of drug-likeness (QED) is 0.936. The second-order valence-corrected chi connectivity index (χ2v) is 7.05. The Kier molecular flexibility index (Phi) is 3.07. The first kappa shape index (κ1) is 12.6. The highest BCUT2D eigenvalue weighted by atomic mass is 32.2. The van der Waals surface area contributed by atoms with Gasteiger partial charge in [0.15, 0.2) is 0 Å². The van der Waals surface area contributed by atoms with Crippen LogP contribution in [0.5, 0.6) is 0 Å². The van der Waals surface area contributed by atoms with Crippen LogP contribution in [0, 0.1) is 5.92 Å². The van der Waals surface area contributed by atoms with Crippen LogP contribution in [-0.4, -0.2) is 14.5 Å². The Morgan fingerprint density at radius 3 is 2.47 bits per heavy atom. The molecule has 1 aliphatic carbocycles. The summed E-state index contributed by atoms with van der Waals surface area (Å²) in [6.07, 6.45) is 1.87. The molecule has 0 saturated heterocycles. The van der Waals surface area contributed by atoms with E-state index in [1.165, 1.54) is 0 Å². The Morgan fingerprint density at radius 2 is 1.74 bits per heavy atom. The van der Waals surface area contributed by atoms with Crippen LogP contribution in [-0.2, 0) is 10.0 Å². The van der Waals surface area contributed by atoms with Gasteiger partial charge in [-0.15, -0.1) is 0 Å². The minimum absolute atomic E-state index is 0.0963. The van der Waals surface area contributed by atoms with Gasteiger partial charge in [-0.3, -0.25) is 0 Å². The molecule has 3 rings (SSSR count). The summed E-state index contributed by atoms with van der Waals surface area (Å²) in [4.78, 5) is 0.380. The predicted molar refractivity (Wildman–Crippen MR) is 76.5 cm³/mol. The number of sulfonamides is 1. The number of benzene rings is 2. The molecule has 1 saturated carbocycles. The molecule has 100 valence electrons. The molecule has 0 radical (unpaired) electrons. The van der Waals surface area contributed by atoms with Crippen LogP contribution in [0.3, 0.4) is 0 Å². The molecule has 0 heterocycles. The zero-order chi connectivity index (χ0) is 13.5. The van der Waals surface area contributed by atoms with E-state index < -0.39 is 10.0 Å². The van der Waals surface area contributed by atoms with Crippen molar-refractivity contribution in [1.82, 2.24) is 4.72 Å². The summed E-state index contributed by atoms with van der Waals surface area (Å²) in [5, 5.41) is 1.73. The Balaban J connectivity index is 1.99. The normalized spacial score (nSPS) is 23.2. The van der Waals surface area contributed by atoms with E-state index in [-0.39, 0.29) is 6.04 Å².